The fourth-order valence-corrected chi connectivity index (χ4v) is 3.18. The molecule has 0 aliphatic heterocycles. The molecule has 1 aromatic carbocycles. The highest BCUT2D eigenvalue weighted by molar-refractivity contribution is 14.1. The van der Waals surface area contributed by atoms with Crippen molar-refractivity contribution in [1.82, 2.24) is 24.6 Å². The van der Waals surface area contributed by atoms with E-state index in [0.29, 0.717) is 5.82 Å². The minimum atomic E-state index is -3.58. The Hall–Kier alpha value is -1.34. The van der Waals surface area contributed by atoms with Gasteiger partial charge in [-0.05, 0) is 40.8 Å². The van der Waals surface area contributed by atoms with Crippen LogP contribution in [0.3, 0.4) is 0 Å². The summed E-state index contributed by atoms with van der Waals surface area (Å²) >= 11 is 5.55. The number of nitrogens with zero attached hydrogens (tertiary/aromatic N) is 5. The third-order valence-electron chi connectivity index (χ3n) is 2.71. The Morgan fingerprint density at radius 1 is 1.27 bits per heavy atom. The van der Waals surface area contributed by atoms with Crippen molar-refractivity contribution in [3.8, 4) is 11.4 Å². The molecule has 0 fully saturated rings. The molecule has 2 heterocycles. The van der Waals surface area contributed by atoms with Crippen molar-refractivity contribution in [3.05, 3.63) is 26.2 Å². The van der Waals surface area contributed by atoms with Crippen LogP contribution >= 0.6 is 38.5 Å². The average molecular weight is 495 g/mol. The number of hydrogen-bond donors (Lipinski definition) is 1. The number of nitrogens with two attached hydrogens (primary N) is 1. The second-order valence-electron chi connectivity index (χ2n) is 4.41. The van der Waals surface area contributed by atoms with Crippen LogP contribution in [0.4, 0.5) is 5.95 Å². The molecule has 0 unspecified atom stereocenters. The third kappa shape index (κ3) is 2.79. The minimum absolute atomic E-state index is 0.0821. The van der Waals surface area contributed by atoms with Crippen molar-refractivity contribution < 1.29 is 8.42 Å². The summed E-state index contributed by atoms with van der Waals surface area (Å²) < 4.78 is 26.1. The second kappa shape index (κ2) is 5.38. The summed E-state index contributed by atoms with van der Waals surface area (Å²) in [5, 5.41) is 3.87. The van der Waals surface area contributed by atoms with Gasteiger partial charge in [0.25, 0.3) is 10.9 Å². The van der Waals surface area contributed by atoms with E-state index in [-0.39, 0.29) is 16.9 Å². The molecule has 8 nitrogen and oxygen atoms in total. The van der Waals surface area contributed by atoms with E-state index in [9.17, 15) is 8.42 Å². The fourth-order valence-electron chi connectivity index (χ4n) is 1.73. The van der Waals surface area contributed by atoms with E-state index < -0.39 is 9.84 Å². The number of aromatic nitrogens is 5. The van der Waals surface area contributed by atoms with Gasteiger partial charge in [0.05, 0.1) is 0 Å². The summed E-state index contributed by atoms with van der Waals surface area (Å²) in [5.74, 6) is 0.380. The average Bonchev–Trinajstić information content (AvgIpc) is 2.85. The number of fused-ring (bicyclic) bond motifs is 1. The van der Waals surface area contributed by atoms with E-state index >= 15 is 0 Å². The van der Waals surface area contributed by atoms with Gasteiger partial charge in [0.2, 0.25) is 15.8 Å². The van der Waals surface area contributed by atoms with Crippen molar-refractivity contribution in [2.75, 3.05) is 12.0 Å². The van der Waals surface area contributed by atoms with Gasteiger partial charge in [-0.2, -0.15) is 19.5 Å². The molecule has 0 saturated heterocycles. The van der Waals surface area contributed by atoms with Crippen LogP contribution in [0.15, 0.2) is 27.8 Å². The first kappa shape index (κ1) is 15.6. The maximum atomic E-state index is 11.6. The molecular formula is C11H8BrIN6O2S. The van der Waals surface area contributed by atoms with Gasteiger partial charge in [-0.1, -0.05) is 15.9 Å². The van der Waals surface area contributed by atoms with Gasteiger partial charge in [-0.25, -0.2) is 8.42 Å². The number of halogens is 2. The molecule has 0 spiro atoms. The molecule has 11 heteroatoms. The predicted octanol–water partition coefficient (Wildman–Crippen LogP) is 1.54. The second-order valence-corrected chi connectivity index (χ2v) is 8.40. The van der Waals surface area contributed by atoms with Crippen LogP contribution in [0.5, 0.6) is 0 Å². The van der Waals surface area contributed by atoms with Crippen molar-refractivity contribution >= 4 is 60.1 Å². The fraction of sp³-hybridized carbons (Fsp3) is 0.0909. The Balaban J connectivity index is 2.26. The van der Waals surface area contributed by atoms with Gasteiger partial charge in [-0.15, -0.1) is 5.10 Å². The Labute approximate surface area is 147 Å². The van der Waals surface area contributed by atoms with Crippen LogP contribution in [-0.2, 0) is 9.84 Å². The van der Waals surface area contributed by atoms with Crippen LogP contribution < -0.4 is 5.73 Å². The molecule has 0 aliphatic carbocycles. The van der Waals surface area contributed by atoms with Gasteiger partial charge in [0, 0.05) is 19.9 Å². The number of rotatable bonds is 2. The molecule has 22 heavy (non-hydrogen) atoms. The molecule has 114 valence electrons. The zero-order valence-corrected chi connectivity index (χ0v) is 15.6. The molecule has 2 aromatic heterocycles. The van der Waals surface area contributed by atoms with Crippen molar-refractivity contribution in [3.63, 3.8) is 0 Å². The number of hydrogen-bond acceptors (Lipinski definition) is 7. The van der Waals surface area contributed by atoms with E-state index in [2.05, 4.69) is 58.6 Å². The molecule has 0 aliphatic rings. The largest absolute Gasteiger partial charge is 0.368 e. The highest BCUT2D eigenvalue weighted by atomic mass is 127. The summed E-state index contributed by atoms with van der Waals surface area (Å²) in [4.78, 5) is 11.9. The molecule has 0 saturated carbocycles. The van der Waals surface area contributed by atoms with Gasteiger partial charge in [0.15, 0.2) is 5.82 Å². The van der Waals surface area contributed by atoms with Gasteiger partial charge >= 0.3 is 0 Å². The summed E-state index contributed by atoms with van der Waals surface area (Å²) in [6.07, 6.45) is 1.01. The first-order chi connectivity index (χ1) is 10.3. The van der Waals surface area contributed by atoms with Gasteiger partial charge < -0.3 is 5.73 Å². The van der Waals surface area contributed by atoms with E-state index in [0.717, 1.165) is 19.9 Å². The lowest BCUT2D eigenvalue weighted by Crippen LogP contribution is -2.11. The Bertz CT molecular complexity index is 1000. The lowest BCUT2D eigenvalue weighted by Gasteiger charge is -2.00. The minimum Gasteiger partial charge on any atom is -0.368 e. The Kier molecular flexibility index (Phi) is 3.81. The summed E-state index contributed by atoms with van der Waals surface area (Å²) in [6.45, 7) is 0. The molecule has 0 bridgehead atoms. The molecule has 0 radical (unpaired) electrons. The number of anilines is 1. The quantitative estimate of drug-likeness (QED) is 0.537. The first-order valence-electron chi connectivity index (χ1n) is 5.81. The Morgan fingerprint density at radius 3 is 2.68 bits per heavy atom. The van der Waals surface area contributed by atoms with E-state index in [1.807, 2.05) is 18.2 Å². The van der Waals surface area contributed by atoms with E-state index in [1.54, 1.807) is 0 Å². The van der Waals surface area contributed by atoms with Crippen LogP contribution in [0.25, 0.3) is 17.2 Å². The van der Waals surface area contributed by atoms with Crippen LogP contribution in [0.2, 0.25) is 0 Å². The van der Waals surface area contributed by atoms with Crippen LogP contribution in [0.1, 0.15) is 0 Å². The molecule has 3 aromatic rings. The monoisotopic (exact) mass is 494 g/mol. The normalized spacial score (nSPS) is 12.0. The Morgan fingerprint density at radius 2 is 2.00 bits per heavy atom. The molecule has 0 atom stereocenters. The topological polar surface area (TPSA) is 116 Å². The molecule has 3 rings (SSSR count). The maximum Gasteiger partial charge on any atom is 0.258 e. The first-order valence-corrected chi connectivity index (χ1v) is 9.58. The number of sulfone groups is 1. The molecule has 0 amide bonds. The number of nitrogen functional groups attached to an aromatic ring is 1. The predicted molar refractivity (Wildman–Crippen MR) is 92.0 cm³/mol. The van der Waals surface area contributed by atoms with E-state index in [4.69, 9.17) is 5.73 Å². The van der Waals surface area contributed by atoms with Gasteiger partial charge in [-0.3, -0.25) is 0 Å². The smallest absolute Gasteiger partial charge is 0.258 e. The van der Waals surface area contributed by atoms with Crippen molar-refractivity contribution in [2.45, 2.75) is 5.16 Å². The lowest BCUT2D eigenvalue weighted by atomic mass is 10.2. The van der Waals surface area contributed by atoms with Crippen molar-refractivity contribution in [2.24, 2.45) is 0 Å². The SMILES string of the molecule is CS(=O)(=O)c1nc(N)n2nc(-c3cc(Br)ccc3I)nc2n1. The summed E-state index contributed by atoms with van der Waals surface area (Å²) in [5.41, 5.74) is 6.53. The summed E-state index contributed by atoms with van der Waals surface area (Å²) in [7, 11) is -3.58. The highest BCUT2D eigenvalue weighted by Crippen LogP contribution is 2.26. The maximum absolute atomic E-state index is 11.6. The standard InChI is InChI=1S/C11H8BrIN6O2S/c1-22(20,21)11-16-9(14)19-10(17-11)15-8(18-19)6-4-5(12)2-3-7(6)13/h2-4H,1H3,(H2,14,15,16,17,18). The van der Waals surface area contributed by atoms with Crippen LogP contribution in [-0.4, -0.2) is 39.2 Å². The lowest BCUT2D eigenvalue weighted by molar-refractivity contribution is 0.592. The molecular weight excluding hydrogens is 487 g/mol. The zero-order valence-electron chi connectivity index (χ0n) is 11.0. The molecule has 2 N–H and O–H groups in total. The highest BCUT2D eigenvalue weighted by Gasteiger charge is 2.18. The summed E-state index contributed by atoms with van der Waals surface area (Å²) in [6, 6.07) is 5.66. The van der Waals surface area contributed by atoms with Gasteiger partial charge in [0.1, 0.15) is 0 Å². The van der Waals surface area contributed by atoms with E-state index in [1.165, 1.54) is 4.52 Å². The third-order valence-corrected chi connectivity index (χ3v) is 4.99. The van der Waals surface area contributed by atoms with Crippen LogP contribution in [0, 0.1) is 3.57 Å². The zero-order chi connectivity index (χ0) is 16.1. The van der Waals surface area contributed by atoms with Crippen molar-refractivity contribution in [1.29, 1.82) is 0 Å². The number of benzene rings is 1.